The van der Waals surface area contributed by atoms with E-state index >= 15 is 0 Å². The van der Waals surface area contributed by atoms with Gasteiger partial charge < -0.3 is 14.0 Å². The van der Waals surface area contributed by atoms with Gasteiger partial charge in [-0.25, -0.2) is 9.97 Å². The van der Waals surface area contributed by atoms with Gasteiger partial charge in [-0.05, 0) is 40.7 Å². The molecular formula is C50H29N5O2Pd2. The van der Waals surface area contributed by atoms with E-state index in [-0.39, 0.29) is 40.8 Å². The van der Waals surface area contributed by atoms with Crippen LogP contribution in [0.25, 0.3) is 72.8 Å². The summed E-state index contributed by atoms with van der Waals surface area (Å²) in [6.07, 6.45) is 3.42. The number of ether oxygens (including phenoxy) is 2. The van der Waals surface area contributed by atoms with E-state index in [1.54, 1.807) is 18.5 Å². The number of benzene rings is 6. The number of pyridine rings is 2. The summed E-state index contributed by atoms with van der Waals surface area (Å²) in [6, 6.07) is 67.2. The molecule has 0 radical (unpaired) electrons. The van der Waals surface area contributed by atoms with Crippen molar-refractivity contribution < 1.29 is 50.3 Å². The van der Waals surface area contributed by atoms with Crippen molar-refractivity contribution >= 4 is 21.8 Å². The number of aromatic nitrogens is 5. The van der Waals surface area contributed by atoms with E-state index in [0.29, 0.717) is 28.9 Å². The van der Waals surface area contributed by atoms with Crippen LogP contribution in [-0.4, -0.2) is 24.5 Å². The Morgan fingerprint density at radius 1 is 0.373 bits per heavy atom. The van der Waals surface area contributed by atoms with E-state index < -0.39 is 0 Å². The summed E-state index contributed by atoms with van der Waals surface area (Å²) in [5.41, 5.74) is 8.58. The van der Waals surface area contributed by atoms with E-state index in [9.17, 15) is 0 Å². The van der Waals surface area contributed by atoms with Crippen molar-refractivity contribution in [1.82, 2.24) is 24.5 Å². The van der Waals surface area contributed by atoms with Gasteiger partial charge in [0.05, 0.1) is 11.4 Å². The SMILES string of the molecule is [Pd+2].[Pd+2].[c-]1c(Oc2[c-]c3c(cc2)c2ccc(Oc4[c-]c(-c5cccc(-c6ccccc6)n5)ccc4)[c-]c2n3-c2ncccn2)cccc1-c1cccc(-c2ccccc2)n1. The van der Waals surface area contributed by atoms with Gasteiger partial charge in [-0.15, -0.1) is 71.8 Å². The summed E-state index contributed by atoms with van der Waals surface area (Å²) in [5, 5.41) is 1.87. The molecule has 7 nitrogen and oxygen atoms in total. The quantitative estimate of drug-likeness (QED) is 0.106. The second-order valence-corrected chi connectivity index (χ2v) is 13.2. The van der Waals surface area contributed by atoms with Gasteiger partial charge >= 0.3 is 40.8 Å². The number of rotatable bonds is 9. The van der Waals surface area contributed by atoms with Gasteiger partial charge in [-0.2, -0.15) is 22.9 Å². The van der Waals surface area contributed by atoms with Crippen LogP contribution in [0, 0.1) is 24.3 Å². The van der Waals surface area contributed by atoms with Crippen LogP contribution in [-0.2, 0) is 40.8 Å². The molecule has 4 aromatic heterocycles. The molecule has 4 heterocycles. The zero-order valence-electron chi connectivity index (χ0n) is 30.9. The molecule has 0 amide bonds. The molecule has 0 atom stereocenters. The Labute approximate surface area is 368 Å². The maximum absolute atomic E-state index is 6.40. The molecule has 0 N–H and O–H groups in total. The first-order valence-corrected chi connectivity index (χ1v) is 18.4. The summed E-state index contributed by atoms with van der Waals surface area (Å²) in [6.45, 7) is 0. The summed E-state index contributed by atoms with van der Waals surface area (Å²) in [4.78, 5) is 19.0. The summed E-state index contributed by atoms with van der Waals surface area (Å²) in [7, 11) is 0. The molecule has 10 rings (SSSR count). The van der Waals surface area contributed by atoms with Gasteiger partial charge in [-0.1, -0.05) is 108 Å². The molecular weight excluding hydrogens is 915 g/mol. The van der Waals surface area contributed by atoms with Crippen molar-refractivity contribution in [3.8, 4) is 74.0 Å². The van der Waals surface area contributed by atoms with Gasteiger partial charge in [0.2, 0.25) is 5.95 Å². The van der Waals surface area contributed by atoms with E-state index in [1.807, 2.05) is 138 Å². The fourth-order valence-corrected chi connectivity index (χ4v) is 6.81. The van der Waals surface area contributed by atoms with Crippen molar-refractivity contribution in [2.45, 2.75) is 0 Å². The smallest absolute Gasteiger partial charge is 0.503 e. The van der Waals surface area contributed by atoms with Crippen LogP contribution in [0.1, 0.15) is 0 Å². The van der Waals surface area contributed by atoms with E-state index in [1.165, 1.54) is 0 Å². The van der Waals surface area contributed by atoms with Crippen LogP contribution >= 0.6 is 0 Å². The Kier molecular flexibility index (Phi) is 11.6. The molecule has 0 aliphatic carbocycles. The Balaban J connectivity index is 0.00000242. The Morgan fingerprint density at radius 3 is 1.27 bits per heavy atom. The maximum atomic E-state index is 6.40. The first-order chi connectivity index (χ1) is 28.2. The fraction of sp³-hybridized carbons (Fsp3) is 0. The minimum absolute atomic E-state index is 0. The number of nitrogens with zero attached hydrogens (tertiary/aromatic N) is 5. The predicted octanol–water partition coefficient (Wildman–Crippen LogP) is 11.8. The van der Waals surface area contributed by atoms with Crippen LogP contribution in [0.15, 0.2) is 176 Å². The zero-order valence-corrected chi connectivity index (χ0v) is 34.0. The average molecular weight is 945 g/mol. The molecule has 0 unspecified atom stereocenters. The first-order valence-electron chi connectivity index (χ1n) is 18.4. The van der Waals surface area contributed by atoms with Crippen molar-refractivity contribution in [3.63, 3.8) is 0 Å². The summed E-state index contributed by atoms with van der Waals surface area (Å²) < 4.78 is 14.7. The third kappa shape index (κ3) is 8.25. The fourth-order valence-electron chi connectivity index (χ4n) is 6.81. The van der Waals surface area contributed by atoms with Crippen LogP contribution < -0.4 is 9.47 Å². The first kappa shape index (κ1) is 39.3. The van der Waals surface area contributed by atoms with E-state index in [2.05, 4.69) is 58.5 Å². The van der Waals surface area contributed by atoms with Crippen molar-refractivity contribution in [2.24, 2.45) is 0 Å². The molecule has 0 spiro atoms. The summed E-state index contributed by atoms with van der Waals surface area (Å²) in [5.74, 6) is 2.56. The predicted molar refractivity (Wildman–Crippen MR) is 222 cm³/mol. The van der Waals surface area contributed by atoms with Gasteiger partial charge in [-0.3, -0.25) is 9.97 Å². The van der Waals surface area contributed by atoms with Crippen molar-refractivity contribution in [2.75, 3.05) is 0 Å². The Hall–Kier alpha value is -6.58. The molecule has 0 aliphatic rings. The van der Waals surface area contributed by atoms with Gasteiger partial charge in [0.15, 0.2) is 0 Å². The molecule has 59 heavy (non-hydrogen) atoms. The molecule has 286 valence electrons. The van der Waals surface area contributed by atoms with Crippen molar-refractivity contribution in [3.05, 3.63) is 200 Å². The second kappa shape index (κ2) is 17.5. The molecule has 9 heteroatoms. The summed E-state index contributed by atoms with van der Waals surface area (Å²) >= 11 is 0. The zero-order chi connectivity index (χ0) is 38.0. The van der Waals surface area contributed by atoms with Gasteiger partial charge in [0.25, 0.3) is 0 Å². The third-order valence-corrected chi connectivity index (χ3v) is 9.45. The van der Waals surface area contributed by atoms with Gasteiger partial charge in [0, 0.05) is 35.4 Å². The maximum Gasteiger partial charge on any atom is 2.00 e. The second-order valence-electron chi connectivity index (χ2n) is 13.2. The van der Waals surface area contributed by atoms with E-state index in [0.717, 1.165) is 66.8 Å². The molecule has 0 saturated carbocycles. The molecule has 10 aromatic rings. The van der Waals surface area contributed by atoms with Crippen molar-refractivity contribution in [1.29, 1.82) is 0 Å². The number of hydrogen-bond acceptors (Lipinski definition) is 6. The largest absolute Gasteiger partial charge is 2.00 e. The van der Waals surface area contributed by atoms with Crippen LogP contribution in [0.5, 0.6) is 23.0 Å². The minimum Gasteiger partial charge on any atom is -0.503 e. The topological polar surface area (TPSA) is 75.0 Å². The molecule has 0 aliphatic heterocycles. The monoisotopic (exact) mass is 943 g/mol. The third-order valence-electron chi connectivity index (χ3n) is 9.45. The number of fused-ring (bicyclic) bond motifs is 3. The molecule has 0 fully saturated rings. The molecule has 0 bridgehead atoms. The minimum atomic E-state index is 0. The van der Waals surface area contributed by atoms with Crippen LogP contribution in [0.2, 0.25) is 0 Å². The average Bonchev–Trinajstić information content (AvgIpc) is 3.60. The standard InChI is InChI=1S/C50H29N5O2.2Pd/c1-3-12-34(13-4-1)44-20-9-22-46(53-44)36-16-7-18-38(30-36)56-40-24-26-42-43-27-25-41(33-49(43)55(48(42)32-40)50-51-28-11-29-52-50)57-39-19-8-17-37(31-39)47-23-10-21-45(54-47)35-14-5-2-6-15-35;;/h1-29H;;/q-4;2*+2. The molecule has 6 aromatic carbocycles. The Bertz CT molecular complexity index is 2850. The van der Waals surface area contributed by atoms with E-state index in [4.69, 9.17) is 19.4 Å². The molecule has 0 saturated heterocycles. The number of hydrogen-bond donors (Lipinski definition) is 0. The Morgan fingerprint density at radius 2 is 0.797 bits per heavy atom. The normalized spacial score (nSPS) is 10.8. The van der Waals surface area contributed by atoms with Gasteiger partial charge in [0.1, 0.15) is 0 Å². The van der Waals surface area contributed by atoms with Crippen LogP contribution in [0.3, 0.4) is 0 Å². The van der Waals surface area contributed by atoms with Crippen LogP contribution in [0.4, 0.5) is 0 Å².